The summed E-state index contributed by atoms with van der Waals surface area (Å²) in [5, 5.41) is 34.3. The zero-order valence-electron chi connectivity index (χ0n) is 44.2. The van der Waals surface area contributed by atoms with Crippen molar-refractivity contribution < 1.29 is 61.9 Å². The van der Waals surface area contributed by atoms with Gasteiger partial charge in [0.2, 0.25) is 15.8 Å². The fourth-order valence-corrected chi connectivity index (χ4v) is 13.3. The molecule has 15 nitrogen and oxygen atoms in total. The van der Waals surface area contributed by atoms with Crippen molar-refractivity contribution >= 4 is 33.5 Å². The summed E-state index contributed by atoms with van der Waals surface area (Å²) in [5.74, 6) is -6.53. The van der Waals surface area contributed by atoms with E-state index >= 15 is 0 Å². The van der Waals surface area contributed by atoms with Crippen molar-refractivity contribution in [1.29, 1.82) is 0 Å². The molecule has 1 aliphatic carbocycles. The van der Waals surface area contributed by atoms with Gasteiger partial charge in [0.1, 0.15) is 24.4 Å². The molecule has 5 rings (SSSR count). The standard InChI is InChI=1S/C55H88N2O13S/c1-35-16-11-10-12-17-37(3)43(25-28-56-26-15-29-71(56,65)66)34-44-22-20-41(7)55(64,70-44)52(61)53(62)57-27-14-13-18-45(57)54(63)69-47(38(4)32-42-21-23-46(58)48(33-42)67-8)24-19-36(2)31-40(6)50(60)51(68-9)49(59)39(5)30-35/h10-12,16-17,31,35-36,38-39,41-48,50-51,58,60,64H,13-15,18-30,32-34H2,1-9H3/b12-10+,16-11+,37-17+,40-31+/t35-,36+,38-,39-,41-,42+,43?,44+,45+,46-,47+,48-,50-,51+,55-/m1/s1. The van der Waals surface area contributed by atoms with Crippen LogP contribution in [0, 0.1) is 41.4 Å². The summed E-state index contributed by atoms with van der Waals surface area (Å²) in [7, 11) is -0.315. The van der Waals surface area contributed by atoms with E-state index in [4.69, 9.17) is 18.9 Å². The number of hydrogen-bond donors (Lipinski definition) is 3. The molecular weight excluding hydrogens is 929 g/mol. The second-order valence-corrected chi connectivity index (χ2v) is 24.1. The van der Waals surface area contributed by atoms with Crippen LogP contribution in [0.1, 0.15) is 145 Å². The lowest BCUT2D eigenvalue weighted by molar-refractivity contribution is -0.264. The predicted molar refractivity (Wildman–Crippen MR) is 272 cm³/mol. The summed E-state index contributed by atoms with van der Waals surface area (Å²) in [4.78, 5) is 58.5. The molecule has 0 aromatic carbocycles. The number of piperidine rings is 1. The van der Waals surface area contributed by atoms with Gasteiger partial charge in [0.15, 0.2) is 5.78 Å². The molecular formula is C55H88N2O13S. The summed E-state index contributed by atoms with van der Waals surface area (Å²) >= 11 is 0. The van der Waals surface area contributed by atoms with Crippen molar-refractivity contribution in [3.63, 3.8) is 0 Å². The first-order chi connectivity index (χ1) is 33.6. The number of allylic oxidation sites excluding steroid dienone is 7. The van der Waals surface area contributed by atoms with Crippen LogP contribution >= 0.6 is 0 Å². The van der Waals surface area contributed by atoms with E-state index in [9.17, 15) is 42.9 Å². The van der Waals surface area contributed by atoms with Gasteiger partial charge in [0.25, 0.3) is 11.7 Å². The number of fused-ring (bicyclic) bond motifs is 3. The Morgan fingerprint density at radius 2 is 1.58 bits per heavy atom. The third kappa shape index (κ3) is 15.7. The molecule has 3 N–H and O–H groups in total. The van der Waals surface area contributed by atoms with Crippen molar-refractivity contribution in [2.75, 3.05) is 39.6 Å². The van der Waals surface area contributed by atoms with Crippen LogP contribution in [0.4, 0.5) is 0 Å². The second-order valence-electron chi connectivity index (χ2n) is 22.0. The smallest absolute Gasteiger partial charge is 0.329 e. The van der Waals surface area contributed by atoms with Crippen molar-refractivity contribution in [3.05, 3.63) is 47.6 Å². The molecule has 4 heterocycles. The molecule has 1 unspecified atom stereocenters. The normalized spacial score (nSPS) is 40.1. The largest absolute Gasteiger partial charge is 0.461 e. The minimum atomic E-state index is -3.35. The van der Waals surface area contributed by atoms with E-state index in [-0.39, 0.29) is 60.2 Å². The first kappa shape index (κ1) is 58.8. The van der Waals surface area contributed by atoms with Crippen LogP contribution < -0.4 is 0 Å². The number of nitrogens with zero attached hydrogens (tertiary/aromatic N) is 2. The number of carbonyl (C=O) groups excluding carboxylic acids is 4. The zero-order valence-corrected chi connectivity index (χ0v) is 45.0. The molecule has 2 bridgehead atoms. The van der Waals surface area contributed by atoms with Gasteiger partial charge in [0.05, 0.1) is 24.1 Å². The Labute approximate surface area is 424 Å². The molecule has 16 heteroatoms. The maximum Gasteiger partial charge on any atom is 0.329 e. The van der Waals surface area contributed by atoms with Crippen LogP contribution in [0.15, 0.2) is 47.6 Å². The second kappa shape index (κ2) is 26.9. The van der Waals surface area contributed by atoms with Crippen LogP contribution in [0.3, 0.4) is 0 Å². The number of ketones is 2. The molecule has 4 aliphatic heterocycles. The van der Waals surface area contributed by atoms with E-state index in [0.29, 0.717) is 102 Å². The lowest BCUT2D eigenvalue weighted by Crippen LogP contribution is -2.60. The van der Waals surface area contributed by atoms with E-state index < -0.39 is 81.9 Å². The first-order valence-corrected chi connectivity index (χ1v) is 28.3. The average Bonchev–Trinajstić information content (AvgIpc) is 3.68. The number of Topliss-reactive ketones (excluding diaryl/α,β-unsaturated/α-hetero) is 2. The highest BCUT2D eigenvalue weighted by Crippen LogP contribution is 2.39. The van der Waals surface area contributed by atoms with Gasteiger partial charge in [-0.25, -0.2) is 17.5 Å². The summed E-state index contributed by atoms with van der Waals surface area (Å²) in [5.41, 5.74) is 1.55. The number of aliphatic hydroxyl groups is 3. The SMILES string of the molecule is CO[C@@H]1C[C@H](C[C@@H](C)[C@@H]2CC[C@H](C)/C=C(\C)[C@@H](O)[C@@H](OC)C(=O)[C@H](C)C[C@H](C)/C=C/C=C/C=C(\C)C(CCN3CCCS3(=O)=O)C[C@@H]3CC[C@@H](C)[C@@](O)(O3)C(=O)C(=O)N3CCCC[C@H]3C(=O)O2)CC[C@H]1O. The molecule has 4 fully saturated rings. The van der Waals surface area contributed by atoms with Crippen molar-refractivity contribution in [2.24, 2.45) is 41.4 Å². The van der Waals surface area contributed by atoms with Crippen LogP contribution in [0.5, 0.6) is 0 Å². The molecule has 3 saturated heterocycles. The van der Waals surface area contributed by atoms with Crippen molar-refractivity contribution in [3.8, 4) is 0 Å². The molecule has 0 spiro atoms. The Morgan fingerprint density at radius 1 is 0.831 bits per heavy atom. The van der Waals surface area contributed by atoms with E-state index in [1.54, 1.807) is 21.0 Å². The molecule has 71 heavy (non-hydrogen) atoms. The average molecular weight is 1020 g/mol. The molecule has 0 aromatic heterocycles. The van der Waals surface area contributed by atoms with Crippen LogP contribution in [-0.2, 0) is 48.1 Å². The maximum atomic E-state index is 14.5. The van der Waals surface area contributed by atoms with Gasteiger partial charge in [-0.3, -0.25) is 14.4 Å². The number of amides is 1. The van der Waals surface area contributed by atoms with Gasteiger partial charge in [-0.15, -0.1) is 0 Å². The molecule has 0 radical (unpaired) electrons. The lowest BCUT2D eigenvalue weighted by atomic mass is 9.78. The number of esters is 1. The minimum Gasteiger partial charge on any atom is -0.461 e. The Hall–Kier alpha value is -3.09. The fraction of sp³-hybridized carbons (Fsp3) is 0.782. The molecule has 402 valence electrons. The lowest BCUT2D eigenvalue weighted by Gasteiger charge is -2.43. The molecule has 1 amide bonds. The Balaban J connectivity index is 1.47. The Kier molecular flexibility index (Phi) is 22.3. The van der Waals surface area contributed by atoms with E-state index in [1.165, 1.54) is 16.3 Å². The zero-order chi connectivity index (χ0) is 52.2. The molecule has 1 saturated carbocycles. The third-order valence-corrected chi connectivity index (χ3v) is 18.3. The molecule has 15 atom stereocenters. The van der Waals surface area contributed by atoms with E-state index in [1.807, 2.05) is 71.1 Å². The number of carbonyl (C=O) groups is 4. The number of rotatable bonds is 8. The number of sulfonamides is 1. The van der Waals surface area contributed by atoms with Crippen LogP contribution in [0.25, 0.3) is 0 Å². The number of ether oxygens (including phenoxy) is 4. The first-order valence-electron chi connectivity index (χ1n) is 26.7. The topological polar surface area (TPSA) is 207 Å². The van der Waals surface area contributed by atoms with Crippen molar-refractivity contribution in [1.82, 2.24) is 9.21 Å². The van der Waals surface area contributed by atoms with E-state index in [2.05, 4.69) is 0 Å². The van der Waals surface area contributed by atoms with Crippen molar-refractivity contribution in [2.45, 2.75) is 193 Å². The monoisotopic (exact) mass is 1020 g/mol. The van der Waals surface area contributed by atoms with E-state index in [0.717, 1.165) is 12.0 Å². The Bertz CT molecular complexity index is 2040. The predicted octanol–water partition coefficient (Wildman–Crippen LogP) is 7.03. The highest BCUT2D eigenvalue weighted by atomic mass is 32.2. The number of hydrogen-bond acceptors (Lipinski definition) is 13. The Morgan fingerprint density at radius 3 is 2.27 bits per heavy atom. The van der Waals surface area contributed by atoms with Gasteiger partial charge in [0, 0.05) is 45.7 Å². The van der Waals surface area contributed by atoms with Gasteiger partial charge in [-0.05, 0) is 145 Å². The van der Waals surface area contributed by atoms with Crippen LogP contribution in [-0.4, -0.2) is 144 Å². The molecule has 5 aliphatic rings. The maximum absolute atomic E-state index is 14.5. The summed E-state index contributed by atoms with van der Waals surface area (Å²) in [6, 6.07) is -1.06. The van der Waals surface area contributed by atoms with Gasteiger partial charge in [-0.2, -0.15) is 0 Å². The van der Waals surface area contributed by atoms with Gasteiger partial charge in [-0.1, -0.05) is 76.6 Å². The highest BCUT2D eigenvalue weighted by molar-refractivity contribution is 7.89. The summed E-state index contributed by atoms with van der Waals surface area (Å²) in [6.07, 6.45) is 15.5. The molecule has 0 aromatic rings. The summed E-state index contributed by atoms with van der Waals surface area (Å²) < 4.78 is 51.2. The minimum absolute atomic E-state index is 0.0247. The number of methoxy groups -OCH3 is 2. The number of aliphatic hydroxyl groups excluding tert-OH is 2. The third-order valence-electron chi connectivity index (χ3n) is 16.4. The highest BCUT2D eigenvalue weighted by Gasteiger charge is 2.53. The quantitative estimate of drug-likeness (QED) is 0.127. The summed E-state index contributed by atoms with van der Waals surface area (Å²) in [6.45, 7) is 14.3. The van der Waals surface area contributed by atoms with Gasteiger partial charge >= 0.3 is 5.97 Å². The van der Waals surface area contributed by atoms with Crippen LogP contribution in [0.2, 0.25) is 0 Å². The van der Waals surface area contributed by atoms with Gasteiger partial charge < -0.3 is 39.2 Å². The fourth-order valence-electron chi connectivity index (χ4n) is 11.7. The number of cyclic esters (lactones) is 1.